The molecule has 1 aliphatic rings. The molecule has 55 heavy (non-hydrogen) atoms. The van der Waals surface area contributed by atoms with Crippen molar-refractivity contribution in [3.8, 4) is 0 Å². The molecule has 0 radical (unpaired) electrons. The highest BCUT2D eigenvalue weighted by Crippen LogP contribution is 2.46. The number of aromatic nitrogens is 2. The second kappa shape index (κ2) is 23.1. The Labute approximate surface area is 343 Å². The zero-order chi connectivity index (χ0) is 39.7. The van der Waals surface area contributed by atoms with Gasteiger partial charge in [0.1, 0.15) is 5.82 Å². The summed E-state index contributed by atoms with van der Waals surface area (Å²) in [6, 6.07) is 8.13. The van der Waals surface area contributed by atoms with Crippen LogP contribution in [0.3, 0.4) is 0 Å². The van der Waals surface area contributed by atoms with Crippen LogP contribution in [0.4, 0.5) is 11.4 Å². The van der Waals surface area contributed by atoms with Gasteiger partial charge in [-0.25, -0.2) is 9.13 Å². The molecule has 1 aliphatic heterocycles. The number of allylic oxidation sites excluding steroid dienone is 2. The molecule has 0 fully saturated rings. The van der Waals surface area contributed by atoms with Gasteiger partial charge in [-0.1, -0.05) is 113 Å². The first-order valence-electron chi connectivity index (χ1n) is 20.7. The molecule has 2 heterocycles. The van der Waals surface area contributed by atoms with Crippen molar-refractivity contribution in [1.82, 2.24) is 4.57 Å². The topological polar surface area (TPSA) is 89.9 Å². The lowest BCUT2D eigenvalue weighted by atomic mass is 10.1. The fourth-order valence-electron chi connectivity index (χ4n) is 7.54. The Bertz CT molecular complexity index is 1790. The predicted octanol–water partition coefficient (Wildman–Crippen LogP) is 12.6. The number of carbonyl (C=O) groups is 2. The fourth-order valence-corrected chi connectivity index (χ4v) is 8.02. The summed E-state index contributed by atoms with van der Waals surface area (Å²) in [5, 5.41) is 20.4. The van der Waals surface area contributed by atoms with E-state index in [0.717, 1.165) is 89.8 Å². The summed E-state index contributed by atoms with van der Waals surface area (Å²) in [7, 11) is 0. The lowest BCUT2D eigenvalue weighted by molar-refractivity contribution is -0.674. The maximum absolute atomic E-state index is 11.4. The van der Waals surface area contributed by atoms with E-state index in [-0.39, 0.29) is 12.8 Å². The summed E-state index contributed by atoms with van der Waals surface area (Å²) < 4.78 is 4.71. The van der Waals surface area contributed by atoms with Crippen LogP contribution in [-0.4, -0.2) is 39.8 Å². The van der Waals surface area contributed by atoms with E-state index < -0.39 is 11.9 Å². The van der Waals surface area contributed by atoms with E-state index in [1.54, 1.807) is 0 Å². The monoisotopic (exact) mass is 815 g/mol. The Morgan fingerprint density at radius 2 is 1.16 bits per heavy atom. The van der Waals surface area contributed by atoms with Crippen LogP contribution in [0.15, 0.2) is 42.2 Å². The Hall–Kier alpha value is -3.20. The molecule has 0 atom stereocenters. The van der Waals surface area contributed by atoms with Crippen LogP contribution in [0.5, 0.6) is 0 Å². The molecule has 2 aromatic carbocycles. The molecule has 8 nitrogen and oxygen atoms in total. The number of unbranched alkanes of at least 4 members (excludes halogenated alkanes) is 12. The van der Waals surface area contributed by atoms with Crippen LogP contribution in [-0.2, 0) is 22.7 Å². The molecule has 11 heteroatoms. The number of anilines is 2. The van der Waals surface area contributed by atoms with E-state index >= 15 is 0 Å². The van der Waals surface area contributed by atoms with Crippen molar-refractivity contribution in [2.24, 2.45) is 0 Å². The van der Waals surface area contributed by atoms with Crippen molar-refractivity contribution in [3.63, 3.8) is 0 Å². The molecule has 0 saturated heterocycles. The number of fused-ring (bicyclic) bond motifs is 2. The summed E-state index contributed by atoms with van der Waals surface area (Å²) in [6.45, 7) is 9.50. The minimum Gasteiger partial charge on any atom is -0.481 e. The van der Waals surface area contributed by atoms with E-state index in [2.05, 4.69) is 63.1 Å². The highest BCUT2D eigenvalue weighted by molar-refractivity contribution is 6.42. The van der Waals surface area contributed by atoms with Gasteiger partial charge in [-0.15, -0.1) is 0 Å². The SMILES string of the molecule is CCCCCCCCN1C(=CC=Cc2n(CCCCC(=O)O)c3cc(C)c(Cl)cc3[n+]2CCCCCCCC)N(CCCCC(=O)O)c2cc(Cl)c(Cl)cc21. The summed E-state index contributed by atoms with van der Waals surface area (Å²) in [4.78, 5) is 27.3. The van der Waals surface area contributed by atoms with Crippen LogP contribution < -0.4 is 14.4 Å². The number of hydrogen-bond acceptors (Lipinski definition) is 4. The summed E-state index contributed by atoms with van der Waals surface area (Å²) in [5.41, 5.74) is 5.17. The molecular weight excluding hydrogens is 755 g/mol. The molecular formula is C44H62Cl3N4O4+. The Morgan fingerprint density at radius 3 is 1.73 bits per heavy atom. The van der Waals surface area contributed by atoms with Crippen molar-refractivity contribution >= 4 is 75.2 Å². The molecule has 302 valence electrons. The largest absolute Gasteiger partial charge is 0.481 e. The first-order valence-corrected chi connectivity index (χ1v) is 21.8. The zero-order valence-electron chi connectivity index (χ0n) is 33.2. The number of imidazole rings is 1. The first-order chi connectivity index (χ1) is 26.6. The van der Waals surface area contributed by atoms with Gasteiger partial charge in [0.2, 0.25) is 0 Å². The average Bonchev–Trinajstić information content (AvgIpc) is 3.57. The van der Waals surface area contributed by atoms with Crippen LogP contribution in [0.25, 0.3) is 17.1 Å². The standard InChI is InChI=1S/C44H61Cl3N4O4/c1-4-6-8-10-12-16-25-49-38-30-34(45)33(3)29-37(38)48(27-18-14-23-43(52)53)41(49)21-20-22-42-50(26-17-13-11-9-7-5-2)39-31-35(46)36(47)32-40(39)51(42)28-19-15-24-44(54)55/h20-22,29-32H,4-19,23-28H2,1-3H3,(H-,52,53,54,55)/p+1. The van der Waals surface area contributed by atoms with Crippen molar-refractivity contribution in [2.45, 2.75) is 149 Å². The summed E-state index contributed by atoms with van der Waals surface area (Å²) in [5.74, 6) is 0.501. The van der Waals surface area contributed by atoms with Crippen LogP contribution in [0.1, 0.15) is 141 Å². The number of nitrogens with zero attached hydrogens (tertiary/aromatic N) is 4. The van der Waals surface area contributed by atoms with E-state index in [0.29, 0.717) is 42.4 Å². The molecule has 0 bridgehead atoms. The van der Waals surface area contributed by atoms with Gasteiger partial charge in [-0.2, -0.15) is 0 Å². The Balaban J connectivity index is 1.77. The van der Waals surface area contributed by atoms with Gasteiger partial charge in [-0.05, 0) is 81.7 Å². The number of hydrogen-bond donors (Lipinski definition) is 2. The van der Waals surface area contributed by atoms with Gasteiger partial charge >= 0.3 is 11.9 Å². The minimum absolute atomic E-state index is 0.127. The highest BCUT2D eigenvalue weighted by Gasteiger charge is 2.32. The Morgan fingerprint density at radius 1 is 0.655 bits per heavy atom. The zero-order valence-corrected chi connectivity index (χ0v) is 35.5. The van der Waals surface area contributed by atoms with Crippen molar-refractivity contribution in [3.05, 3.63) is 68.7 Å². The van der Waals surface area contributed by atoms with E-state index in [9.17, 15) is 19.8 Å². The molecule has 2 N–H and O–H groups in total. The number of rotatable bonds is 26. The van der Waals surface area contributed by atoms with Gasteiger partial charge in [0.25, 0.3) is 5.82 Å². The third-order valence-electron chi connectivity index (χ3n) is 10.5. The quantitative estimate of drug-likeness (QED) is 0.0619. The van der Waals surface area contributed by atoms with Crippen LogP contribution in [0, 0.1) is 6.92 Å². The lowest BCUT2D eigenvalue weighted by Gasteiger charge is -2.25. The molecule has 3 aromatic rings. The van der Waals surface area contributed by atoms with E-state index in [1.165, 1.54) is 51.4 Å². The van der Waals surface area contributed by atoms with Gasteiger partial charge in [0, 0.05) is 43.1 Å². The number of carboxylic acids is 2. The third-order valence-corrected chi connectivity index (χ3v) is 11.7. The molecule has 1 aromatic heterocycles. The third kappa shape index (κ3) is 12.9. The van der Waals surface area contributed by atoms with Gasteiger partial charge < -0.3 is 20.0 Å². The van der Waals surface area contributed by atoms with Crippen molar-refractivity contribution < 1.29 is 24.4 Å². The number of carboxylic acid groups (broad SMARTS) is 2. The molecule has 0 aliphatic carbocycles. The molecule has 0 spiro atoms. The fraction of sp³-hybridized carbons (Fsp3) is 0.568. The van der Waals surface area contributed by atoms with Crippen LogP contribution >= 0.6 is 34.8 Å². The predicted molar refractivity (Wildman–Crippen MR) is 230 cm³/mol. The summed E-state index contributed by atoms with van der Waals surface area (Å²) >= 11 is 20.0. The van der Waals surface area contributed by atoms with Crippen molar-refractivity contribution in [1.29, 1.82) is 0 Å². The first kappa shape index (κ1) is 44.5. The summed E-state index contributed by atoms with van der Waals surface area (Å²) in [6.07, 6.45) is 23.6. The number of aliphatic carboxylic acids is 2. The molecule has 0 amide bonds. The smallest absolute Gasteiger partial charge is 0.303 e. The number of halogens is 3. The second-order valence-corrected chi connectivity index (χ2v) is 16.2. The average molecular weight is 817 g/mol. The van der Waals surface area contributed by atoms with E-state index in [4.69, 9.17) is 34.8 Å². The van der Waals surface area contributed by atoms with Gasteiger partial charge in [0.05, 0.1) is 34.5 Å². The maximum atomic E-state index is 11.4. The van der Waals surface area contributed by atoms with Crippen molar-refractivity contribution in [2.75, 3.05) is 22.9 Å². The second-order valence-electron chi connectivity index (χ2n) is 14.9. The number of benzene rings is 2. The van der Waals surface area contributed by atoms with Crippen LogP contribution in [0.2, 0.25) is 15.1 Å². The Kier molecular flexibility index (Phi) is 18.7. The lowest BCUT2D eigenvalue weighted by Crippen LogP contribution is -2.36. The number of aryl methyl sites for hydroxylation is 3. The molecule has 0 saturated carbocycles. The normalized spacial score (nSPS) is 13.6. The maximum Gasteiger partial charge on any atom is 0.303 e. The highest BCUT2D eigenvalue weighted by atomic mass is 35.5. The molecule has 0 unspecified atom stereocenters. The van der Waals surface area contributed by atoms with Gasteiger partial charge in [0.15, 0.2) is 11.0 Å². The van der Waals surface area contributed by atoms with E-state index in [1.807, 2.05) is 19.1 Å². The van der Waals surface area contributed by atoms with Gasteiger partial charge in [-0.3, -0.25) is 9.59 Å². The molecule has 4 rings (SSSR count). The minimum atomic E-state index is -0.788.